The Kier molecular flexibility index (Phi) is 6.56. The number of Topliss-reactive ketones (excluding diaryl/α,β-unsaturated/α-hetero) is 1. The lowest BCUT2D eigenvalue weighted by Gasteiger charge is -2.19. The van der Waals surface area contributed by atoms with Gasteiger partial charge in [-0.15, -0.1) is 10.2 Å². The van der Waals surface area contributed by atoms with Gasteiger partial charge in [-0.05, 0) is 40.0 Å². The SMILES string of the molecule is CCn1nc(C(=O)CC2CCCCC2)nc1Cc1ccc(-c2ccccc2-c2nnn[nH]2)cc1. The maximum absolute atomic E-state index is 12.8. The van der Waals surface area contributed by atoms with Crippen molar-refractivity contribution in [2.75, 3.05) is 0 Å². The summed E-state index contributed by atoms with van der Waals surface area (Å²) in [4.78, 5) is 17.5. The monoisotopic (exact) mass is 455 g/mol. The van der Waals surface area contributed by atoms with Crippen LogP contribution < -0.4 is 0 Å². The third kappa shape index (κ3) is 4.81. The molecule has 2 aromatic heterocycles. The number of H-pyrrole nitrogens is 1. The first-order chi connectivity index (χ1) is 16.7. The van der Waals surface area contributed by atoms with Gasteiger partial charge in [-0.2, -0.15) is 0 Å². The van der Waals surface area contributed by atoms with Crippen LogP contribution in [0.15, 0.2) is 48.5 Å². The maximum atomic E-state index is 12.8. The van der Waals surface area contributed by atoms with Crippen LogP contribution in [0.2, 0.25) is 0 Å². The van der Waals surface area contributed by atoms with Crippen LogP contribution in [0.5, 0.6) is 0 Å². The van der Waals surface area contributed by atoms with Gasteiger partial charge in [-0.3, -0.25) is 4.79 Å². The van der Waals surface area contributed by atoms with Gasteiger partial charge in [0.15, 0.2) is 5.82 Å². The van der Waals surface area contributed by atoms with E-state index in [-0.39, 0.29) is 5.78 Å². The van der Waals surface area contributed by atoms with E-state index in [1.54, 1.807) is 0 Å². The molecule has 1 N–H and O–H groups in total. The molecule has 0 aliphatic heterocycles. The van der Waals surface area contributed by atoms with Crippen LogP contribution in [0.4, 0.5) is 0 Å². The number of aromatic amines is 1. The van der Waals surface area contributed by atoms with Crippen LogP contribution in [0.3, 0.4) is 0 Å². The van der Waals surface area contributed by atoms with Crippen LogP contribution in [-0.4, -0.2) is 41.2 Å². The van der Waals surface area contributed by atoms with Crippen molar-refractivity contribution < 1.29 is 4.79 Å². The number of carbonyl (C=O) groups excluding carboxylic acids is 1. The number of benzene rings is 2. The molecule has 5 rings (SSSR count). The summed E-state index contributed by atoms with van der Waals surface area (Å²) in [6, 6.07) is 16.4. The van der Waals surface area contributed by atoms with Crippen molar-refractivity contribution in [2.45, 2.75) is 58.4 Å². The number of hydrogen-bond donors (Lipinski definition) is 1. The van der Waals surface area contributed by atoms with Crippen molar-refractivity contribution in [1.82, 2.24) is 35.4 Å². The molecule has 1 aliphatic carbocycles. The molecule has 0 saturated heterocycles. The van der Waals surface area contributed by atoms with E-state index in [1.807, 2.05) is 29.8 Å². The van der Waals surface area contributed by atoms with Crippen LogP contribution in [0, 0.1) is 5.92 Å². The molecule has 1 aliphatic rings. The third-order valence-corrected chi connectivity index (χ3v) is 6.65. The number of aryl methyl sites for hydroxylation is 1. The number of hydrogen-bond acceptors (Lipinski definition) is 6. The Hall–Kier alpha value is -3.68. The highest BCUT2D eigenvalue weighted by Crippen LogP contribution is 2.30. The predicted octanol–water partition coefficient (Wildman–Crippen LogP) is 4.89. The van der Waals surface area contributed by atoms with Crippen molar-refractivity contribution in [3.05, 3.63) is 65.7 Å². The van der Waals surface area contributed by atoms with Crippen molar-refractivity contribution in [3.8, 4) is 22.5 Å². The van der Waals surface area contributed by atoms with Crippen molar-refractivity contribution >= 4 is 5.78 Å². The fourth-order valence-corrected chi connectivity index (χ4v) is 4.82. The molecule has 1 fully saturated rings. The molecule has 2 aromatic carbocycles. The molecule has 0 unspecified atom stereocenters. The Morgan fingerprint density at radius 3 is 2.50 bits per heavy atom. The molecule has 0 amide bonds. The lowest BCUT2D eigenvalue weighted by Crippen LogP contribution is -2.13. The van der Waals surface area contributed by atoms with E-state index < -0.39 is 0 Å². The Morgan fingerprint density at radius 1 is 1.03 bits per heavy atom. The smallest absolute Gasteiger partial charge is 0.217 e. The molecule has 1 saturated carbocycles. The molecule has 8 heteroatoms. The largest absolute Gasteiger partial charge is 0.291 e. The molecule has 0 atom stereocenters. The molecule has 8 nitrogen and oxygen atoms in total. The fourth-order valence-electron chi connectivity index (χ4n) is 4.82. The Balaban J connectivity index is 1.32. The van der Waals surface area contributed by atoms with Crippen molar-refractivity contribution in [2.24, 2.45) is 5.92 Å². The average Bonchev–Trinajstić information content (AvgIpc) is 3.56. The molecule has 4 aromatic rings. The van der Waals surface area contributed by atoms with Gasteiger partial charge in [0, 0.05) is 24.9 Å². The lowest BCUT2D eigenvalue weighted by atomic mass is 9.86. The van der Waals surface area contributed by atoms with Crippen LogP contribution in [-0.2, 0) is 13.0 Å². The van der Waals surface area contributed by atoms with Gasteiger partial charge in [0.25, 0.3) is 0 Å². The number of tetrazole rings is 1. The molecule has 174 valence electrons. The van der Waals surface area contributed by atoms with Crippen LogP contribution in [0.25, 0.3) is 22.5 Å². The van der Waals surface area contributed by atoms with Crippen molar-refractivity contribution in [3.63, 3.8) is 0 Å². The van der Waals surface area contributed by atoms with Crippen LogP contribution in [0.1, 0.15) is 67.5 Å². The zero-order valence-corrected chi connectivity index (χ0v) is 19.4. The number of nitrogens with one attached hydrogen (secondary N) is 1. The van der Waals surface area contributed by atoms with Gasteiger partial charge < -0.3 is 0 Å². The average molecular weight is 456 g/mol. The molecule has 0 radical (unpaired) electrons. The van der Waals surface area contributed by atoms with E-state index in [4.69, 9.17) is 0 Å². The lowest BCUT2D eigenvalue weighted by molar-refractivity contribution is 0.0939. The summed E-state index contributed by atoms with van der Waals surface area (Å²) in [5.41, 5.74) is 4.21. The zero-order chi connectivity index (χ0) is 23.3. The fraction of sp³-hybridized carbons (Fsp3) is 0.385. The van der Waals surface area contributed by atoms with Gasteiger partial charge in [0.2, 0.25) is 11.6 Å². The molecule has 0 bridgehead atoms. The Labute approximate surface area is 198 Å². The second-order valence-corrected chi connectivity index (χ2v) is 8.97. The van der Waals surface area contributed by atoms with Gasteiger partial charge in [0.1, 0.15) is 5.82 Å². The van der Waals surface area contributed by atoms with Crippen molar-refractivity contribution in [1.29, 1.82) is 0 Å². The second kappa shape index (κ2) is 10.1. The summed E-state index contributed by atoms with van der Waals surface area (Å²) < 4.78 is 1.86. The number of rotatable bonds is 8. The molecular formula is C26H29N7O. The molecule has 34 heavy (non-hydrogen) atoms. The second-order valence-electron chi connectivity index (χ2n) is 8.97. The van der Waals surface area contributed by atoms with Gasteiger partial charge in [0.05, 0.1) is 0 Å². The third-order valence-electron chi connectivity index (χ3n) is 6.65. The number of nitrogens with zero attached hydrogens (tertiary/aromatic N) is 6. The number of aromatic nitrogens is 7. The summed E-state index contributed by atoms with van der Waals surface area (Å²) >= 11 is 0. The molecular weight excluding hydrogens is 426 g/mol. The number of carbonyl (C=O) groups is 1. The van der Waals surface area contributed by atoms with E-state index in [0.717, 1.165) is 40.9 Å². The summed E-state index contributed by atoms with van der Waals surface area (Å²) in [7, 11) is 0. The summed E-state index contributed by atoms with van der Waals surface area (Å²) in [5, 5.41) is 18.8. The highest BCUT2D eigenvalue weighted by molar-refractivity contribution is 5.92. The van der Waals surface area contributed by atoms with E-state index >= 15 is 0 Å². The molecule has 2 heterocycles. The number of ketones is 1. The minimum Gasteiger partial charge on any atom is -0.291 e. The standard InChI is InChI=1S/C26H29N7O/c1-2-33-24(27-26(30-33)23(34)16-18-8-4-3-5-9-18)17-19-12-14-20(15-13-19)21-10-6-7-11-22(21)25-28-31-32-29-25/h6-7,10-15,18H,2-5,8-9,16-17H2,1H3,(H,28,29,31,32). The quantitative estimate of drug-likeness (QED) is 0.380. The van der Waals surface area contributed by atoms with E-state index in [1.165, 1.54) is 19.3 Å². The van der Waals surface area contributed by atoms with Gasteiger partial charge >= 0.3 is 0 Å². The van der Waals surface area contributed by atoms with Gasteiger partial charge in [-0.25, -0.2) is 14.8 Å². The first kappa shape index (κ1) is 22.1. The topological polar surface area (TPSA) is 102 Å². The molecule has 0 spiro atoms. The minimum atomic E-state index is 0.0780. The van der Waals surface area contributed by atoms with Gasteiger partial charge in [-0.1, -0.05) is 80.6 Å². The zero-order valence-electron chi connectivity index (χ0n) is 19.4. The maximum Gasteiger partial charge on any atom is 0.217 e. The van der Waals surface area contributed by atoms with E-state index in [0.29, 0.717) is 37.0 Å². The summed E-state index contributed by atoms with van der Waals surface area (Å²) in [5.74, 6) is 2.40. The van der Waals surface area contributed by atoms with E-state index in [2.05, 4.69) is 61.0 Å². The van der Waals surface area contributed by atoms with E-state index in [9.17, 15) is 4.79 Å². The highest BCUT2D eigenvalue weighted by atomic mass is 16.1. The van der Waals surface area contributed by atoms with Crippen LogP contribution >= 0.6 is 0 Å². The Morgan fingerprint density at radius 2 is 1.79 bits per heavy atom. The highest BCUT2D eigenvalue weighted by Gasteiger charge is 2.22. The first-order valence-electron chi connectivity index (χ1n) is 12.1. The summed E-state index contributed by atoms with van der Waals surface area (Å²) in [6.07, 6.45) is 7.25. The minimum absolute atomic E-state index is 0.0780. The normalized spacial score (nSPS) is 14.4. The summed E-state index contributed by atoms with van der Waals surface area (Å²) in [6.45, 7) is 2.72. The predicted molar refractivity (Wildman–Crippen MR) is 129 cm³/mol. The Bertz CT molecular complexity index is 1240. The first-order valence-corrected chi connectivity index (χ1v) is 12.1.